The summed E-state index contributed by atoms with van der Waals surface area (Å²) in [5, 5.41) is 0. The lowest BCUT2D eigenvalue weighted by Gasteiger charge is -2.19. The summed E-state index contributed by atoms with van der Waals surface area (Å²) in [6.07, 6.45) is 51.9. The van der Waals surface area contributed by atoms with Gasteiger partial charge in [-0.25, -0.2) is 4.57 Å². The van der Waals surface area contributed by atoms with Gasteiger partial charge < -0.3 is 20.1 Å². The summed E-state index contributed by atoms with van der Waals surface area (Å²) in [6.45, 7) is 3.49. The van der Waals surface area contributed by atoms with E-state index in [9.17, 15) is 19.0 Å². The number of unbranched alkanes of at least 4 members (excludes halogenated alkanes) is 15. The molecule has 10 heteroatoms. The number of phosphoric acid groups is 1. The Bertz CT molecular complexity index is 1190. The van der Waals surface area contributed by atoms with Crippen molar-refractivity contribution in [3.8, 4) is 0 Å². The van der Waals surface area contributed by atoms with Crippen LogP contribution in [0.5, 0.6) is 0 Å². The number of nitrogens with two attached hydrogens (primary N) is 1. The predicted octanol–water partition coefficient (Wildman–Crippen LogP) is 12.4. The number of allylic oxidation sites excluding steroid dienone is 14. The largest absolute Gasteiger partial charge is 0.472 e. The zero-order chi connectivity index (χ0) is 41.1. The van der Waals surface area contributed by atoms with Gasteiger partial charge in [0.05, 0.1) is 13.2 Å². The third-order valence-corrected chi connectivity index (χ3v) is 9.59. The van der Waals surface area contributed by atoms with Crippen LogP contribution < -0.4 is 5.73 Å². The summed E-state index contributed by atoms with van der Waals surface area (Å²) in [5.74, 6) is -0.889. The molecule has 0 fully saturated rings. The maximum atomic E-state index is 12.5. The molecule has 2 unspecified atom stereocenters. The number of carbonyl (C=O) groups excluding carboxylic acids is 2. The van der Waals surface area contributed by atoms with Gasteiger partial charge in [-0.1, -0.05) is 163 Å². The summed E-state index contributed by atoms with van der Waals surface area (Å²) in [4.78, 5) is 34.8. The van der Waals surface area contributed by atoms with Gasteiger partial charge in [-0.3, -0.25) is 18.6 Å². The minimum absolute atomic E-state index is 0.0412. The second-order valence-electron chi connectivity index (χ2n) is 13.9. The fraction of sp³-hybridized carbons (Fsp3) is 0.652. The number of ether oxygens (including phenoxy) is 2. The average Bonchev–Trinajstić information content (AvgIpc) is 3.18. The van der Waals surface area contributed by atoms with Gasteiger partial charge in [-0.05, 0) is 70.6 Å². The highest BCUT2D eigenvalue weighted by Crippen LogP contribution is 2.43. The molecule has 0 aliphatic heterocycles. The van der Waals surface area contributed by atoms with E-state index in [1.807, 2.05) is 36.5 Å². The molecule has 0 saturated carbocycles. The maximum Gasteiger partial charge on any atom is 0.472 e. The number of rotatable bonds is 39. The summed E-state index contributed by atoms with van der Waals surface area (Å²) in [5.41, 5.74) is 5.34. The van der Waals surface area contributed by atoms with Crippen molar-refractivity contribution < 1.29 is 37.6 Å². The van der Waals surface area contributed by atoms with Crippen LogP contribution in [0.2, 0.25) is 0 Å². The van der Waals surface area contributed by atoms with E-state index in [0.29, 0.717) is 6.42 Å². The van der Waals surface area contributed by atoms with Crippen LogP contribution in [-0.4, -0.2) is 49.3 Å². The average molecular weight is 804 g/mol. The molecule has 0 heterocycles. The first-order valence-electron chi connectivity index (χ1n) is 21.6. The van der Waals surface area contributed by atoms with Crippen molar-refractivity contribution in [2.45, 2.75) is 168 Å². The van der Waals surface area contributed by atoms with Gasteiger partial charge in [-0.2, -0.15) is 0 Å². The van der Waals surface area contributed by atoms with Gasteiger partial charge >= 0.3 is 19.8 Å². The van der Waals surface area contributed by atoms with Crippen LogP contribution >= 0.6 is 7.82 Å². The van der Waals surface area contributed by atoms with Crippen molar-refractivity contribution in [1.82, 2.24) is 0 Å². The highest BCUT2D eigenvalue weighted by molar-refractivity contribution is 7.47. The first-order valence-corrected chi connectivity index (χ1v) is 23.1. The van der Waals surface area contributed by atoms with E-state index in [-0.39, 0.29) is 32.6 Å². The molecule has 2 atom stereocenters. The molecule has 0 rings (SSSR count). The van der Waals surface area contributed by atoms with Gasteiger partial charge in [0.2, 0.25) is 0 Å². The van der Waals surface area contributed by atoms with E-state index in [2.05, 4.69) is 62.5 Å². The summed E-state index contributed by atoms with van der Waals surface area (Å²) >= 11 is 0. The Kier molecular flexibility index (Phi) is 39.7. The molecule has 0 amide bonds. The van der Waals surface area contributed by atoms with E-state index in [4.69, 9.17) is 24.3 Å². The van der Waals surface area contributed by atoms with Crippen molar-refractivity contribution in [2.24, 2.45) is 5.73 Å². The number of carbonyl (C=O) groups is 2. The molecule has 0 aromatic heterocycles. The Labute approximate surface area is 341 Å². The molecule has 3 N–H and O–H groups in total. The van der Waals surface area contributed by atoms with Gasteiger partial charge in [-0.15, -0.1) is 0 Å². The third kappa shape index (κ3) is 40.8. The number of hydrogen-bond acceptors (Lipinski definition) is 8. The van der Waals surface area contributed by atoms with Crippen LogP contribution in [0.3, 0.4) is 0 Å². The predicted molar refractivity (Wildman–Crippen MR) is 233 cm³/mol. The van der Waals surface area contributed by atoms with Crippen molar-refractivity contribution in [3.05, 3.63) is 85.1 Å². The van der Waals surface area contributed by atoms with Crippen LogP contribution in [0.25, 0.3) is 0 Å². The SMILES string of the molecule is CC/C=C/C=C/C=C/C=C/CCCCCC(=O)OC(COC(=O)CCCCCCCCCCC/C=C/C/C=C/C/C=C/CCCCC)COP(=O)(O)OCCN. The van der Waals surface area contributed by atoms with Gasteiger partial charge in [0.25, 0.3) is 0 Å². The topological polar surface area (TPSA) is 134 Å². The van der Waals surface area contributed by atoms with E-state index in [1.165, 1.54) is 57.8 Å². The van der Waals surface area contributed by atoms with E-state index < -0.39 is 32.5 Å². The quantitative estimate of drug-likeness (QED) is 0.0205. The molecular weight excluding hydrogens is 725 g/mol. The summed E-state index contributed by atoms with van der Waals surface area (Å²) < 4.78 is 32.7. The van der Waals surface area contributed by atoms with Gasteiger partial charge in [0, 0.05) is 19.4 Å². The Morgan fingerprint density at radius 3 is 1.64 bits per heavy atom. The minimum atomic E-state index is -4.39. The molecule has 0 spiro atoms. The first-order chi connectivity index (χ1) is 27.3. The zero-order valence-corrected chi connectivity index (χ0v) is 36.0. The van der Waals surface area contributed by atoms with Crippen molar-refractivity contribution in [1.29, 1.82) is 0 Å². The van der Waals surface area contributed by atoms with Crippen molar-refractivity contribution >= 4 is 19.8 Å². The lowest BCUT2D eigenvalue weighted by Crippen LogP contribution is -2.29. The highest BCUT2D eigenvalue weighted by Gasteiger charge is 2.26. The second-order valence-corrected chi connectivity index (χ2v) is 15.4. The number of phosphoric ester groups is 1. The molecule has 0 bridgehead atoms. The summed E-state index contributed by atoms with van der Waals surface area (Å²) in [7, 11) is -4.39. The van der Waals surface area contributed by atoms with Crippen molar-refractivity contribution in [3.63, 3.8) is 0 Å². The molecular formula is C46H78NO8P. The number of esters is 2. The first kappa shape index (κ1) is 53.2. The van der Waals surface area contributed by atoms with Crippen molar-refractivity contribution in [2.75, 3.05) is 26.4 Å². The summed E-state index contributed by atoms with van der Waals surface area (Å²) in [6, 6.07) is 0. The van der Waals surface area contributed by atoms with Crippen LogP contribution in [0, 0.1) is 0 Å². The molecule has 9 nitrogen and oxygen atoms in total. The molecule has 0 aliphatic rings. The lowest BCUT2D eigenvalue weighted by atomic mass is 10.1. The smallest absolute Gasteiger partial charge is 0.462 e. The molecule has 0 radical (unpaired) electrons. The Hall–Kier alpha value is -2.81. The Morgan fingerprint density at radius 2 is 1.05 bits per heavy atom. The fourth-order valence-electron chi connectivity index (χ4n) is 5.41. The molecule has 0 aliphatic carbocycles. The Morgan fingerprint density at radius 1 is 0.571 bits per heavy atom. The van der Waals surface area contributed by atoms with Crippen LogP contribution in [0.15, 0.2) is 85.1 Å². The van der Waals surface area contributed by atoms with Gasteiger partial charge in [0.15, 0.2) is 6.10 Å². The number of hydrogen-bond donors (Lipinski definition) is 2. The van der Waals surface area contributed by atoms with E-state index in [1.54, 1.807) is 0 Å². The van der Waals surface area contributed by atoms with Crippen LogP contribution in [0.4, 0.5) is 0 Å². The Balaban J connectivity index is 4.17. The molecule has 0 saturated heterocycles. The maximum absolute atomic E-state index is 12.5. The molecule has 0 aromatic carbocycles. The van der Waals surface area contributed by atoms with Crippen LogP contribution in [-0.2, 0) is 32.7 Å². The third-order valence-electron chi connectivity index (χ3n) is 8.61. The van der Waals surface area contributed by atoms with Gasteiger partial charge in [0.1, 0.15) is 6.61 Å². The standard InChI is InChI=1S/C46H78NO8P/c1-3-5-7-9-11-13-15-17-18-19-20-21-22-23-24-25-27-28-30-32-34-36-38-45(48)52-42-44(43-54-56(50,51)53-41-40-47)55-46(49)39-37-35-33-31-29-26-16-14-12-10-8-6-4-2/h6,8,10-14,16-18,20-21,26,29,44H,3-5,7,9,15,19,22-25,27-28,30-43,47H2,1-2H3,(H,50,51)/b8-6+,12-10+,13-11+,16-14+,18-17+,21-20+,29-26+. The van der Waals surface area contributed by atoms with E-state index >= 15 is 0 Å². The molecule has 56 heavy (non-hydrogen) atoms. The fourth-order valence-corrected chi connectivity index (χ4v) is 6.18. The lowest BCUT2D eigenvalue weighted by molar-refractivity contribution is -0.161. The van der Waals surface area contributed by atoms with E-state index in [0.717, 1.165) is 70.6 Å². The second kappa shape index (κ2) is 41.8. The zero-order valence-electron chi connectivity index (χ0n) is 35.1. The molecule has 0 aromatic rings. The highest BCUT2D eigenvalue weighted by atomic mass is 31.2. The minimum Gasteiger partial charge on any atom is -0.462 e. The normalized spacial score (nSPS) is 14.1. The van der Waals surface area contributed by atoms with Crippen LogP contribution in [0.1, 0.15) is 162 Å². The molecule has 320 valence electrons. The monoisotopic (exact) mass is 804 g/mol.